The quantitative estimate of drug-likeness (QED) is 0.256. The van der Waals surface area contributed by atoms with Crippen molar-refractivity contribution in [2.45, 2.75) is 39.8 Å². The van der Waals surface area contributed by atoms with E-state index in [1.54, 1.807) is 0 Å². The molecule has 7 heteroatoms. The third kappa shape index (κ3) is 6.62. The number of hydrogen-bond acceptors (Lipinski definition) is 3. The first-order chi connectivity index (χ1) is 17.0. The first-order valence-electron chi connectivity index (χ1n) is 12.7. The summed E-state index contributed by atoms with van der Waals surface area (Å²) < 4.78 is 0. The number of nitrogens with one attached hydrogen (secondary N) is 1. The molecule has 5 rings (SSSR count). The maximum absolute atomic E-state index is 5.02. The topological polar surface area (TPSA) is 35.2 Å². The number of imidazole rings is 1. The summed E-state index contributed by atoms with van der Waals surface area (Å²) >= 11 is 0. The van der Waals surface area contributed by atoms with Gasteiger partial charge < -0.3 is 4.98 Å². The van der Waals surface area contributed by atoms with E-state index in [1.807, 2.05) is 6.07 Å². The van der Waals surface area contributed by atoms with E-state index in [4.69, 9.17) is 4.98 Å². The Hall–Kier alpha value is -2.34. The summed E-state index contributed by atoms with van der Waals surface area (Å²) in [7, 11) is 0. The highest BCUT2D eigenvalue weighted by atomic mass is 35.5. The fourth-order valence-electron chi connectivity index (χ4n) is 5.52. The van der Waals surface area contributed by atoms with Crippen LogP contribution in [0.15, 0.2) is 78.9 Å². The lowest BCUT2D eigenvalue weighted by molar-refractivity contribution is 0.0823. The number of halogens is 3. The van der Waals surface area contributed by atoms with Crippen LogP contribution in [0.5, 0.6) is 0 Å². The van der Waals surface area contributed by atoms with Gasteiger partial charge in [-0.25, -0.2) is 4.98 Å². The van der Waals surface area contributed by atoms with Crippen LogP contribution in [0.3, 0.4) is 0 Å². The highest BCUT2D eigenvalue weighted by Gasteiger charge is 2.31. The van der Waals surface area contributed by atoms with E-state index in [-0.39, 0.29) is 49.3 Å². The first kappa shape index (κ1) is 31.9. The molecule has 0 bridgehead atoms. The van der Waals surface area contributed by atoms with Crippen molar-refractivity contribution in [3.63, 3.8) is 0 Å². The minimum Gasteiger partial charge on any atom is -0.342 e. The summed E-state index contributed by atoms with van der Waals surface area (Å²) in [6.45, 7) is 13.1. The minimum absolute atomic E-state index is 0. The van der Waals surface area contributed by atoms with Crippen LogP contribution >= 0.6 is 37.2 Å². The van der Waals surface area contributed by atoms with Gasteiger partial charge in [-0.15, -0.1) is 37.2 Å². The number of piperazine rings is 1. The van der Waals surface area contributed by atoms with Crippen LogP contribution in [0.4, 0.5) is 0 Å². The van der Waals surface area contributed by atoms with E-state index in [0.29, 0.717) is 0 Å². The molecule has 1 fully saturated rings. The van der Waals surface area contributed by atoms with Crippen molar-refractivity contribution in [2.24, 2.45) is 0 Å². The number of nitrogens with zero attached hydrogens (tertiary/aromatic N) is 3. The lowest BCUT2D eigenvalue weighted by atomic mass is 9.90. The van der Waals surface area contributed by atoms with E-state index in [1.165, 1.54) is 22.3 Å². The van der Waals surface area contributed by atoms with Crippen molar-refractivity contribution < 1.29 is 0 Å². The number of aryl methyl sites for hydroxylation is 3. The summed E-state index contributed by atoms with van der Waals surface area (Å²) in [6.07, 6.45) is 0. The van der Waals surface area contributed by atoms with Crippen LogP contribution < -0.4 is 0 Å². The van der Waals surface area contributed by atoms with Crippen LogP contribution in [0.1, 0.15) is 52.6 Å². The molecule has 204 valence electrons. The SMILES string of the molecule is Cc1ccccc1C(c1ccccc1C)N1CCN(C(C)c2nc(-c3ccccc3)[nH]c2C)CC1.Cl.Cl.Cl. The molecule has 4 aromatic rings. The molecule has 0 amide bonds. The van der Waals surface area contributed by atoms with Gasteiger partial charge in [0.1, 0.15) is 5.82 Å². The molecule has 1 N–H and O–H groups in total. The molecule has 1 unspecified atom stereocenters. The second-order valence-electron chi connectivity index (χ2n) is 9.83. The summed E-state index contributed by atoms with van der Waals surface area (Å²) in [5, 5.41) is 0. The van der Waals surface area contributed by atoms with Crippen molar-refractivity contribution in [3.8, 4) is 11.4 Å². The fraction of sp³-hybridized carbons (Fsp3) is 0.323. The minimum atomic E-state index is 0. The number of aromatic nitrogens is 2. The lowest BCUT2D eigenvalue weighted by Gasteiger charge is -2.42. The maximum atomic E-state index is 5.02. The van der Waals surface area contributed by atoms with Crippen molar-refractivity contribution >= 4 is 37.2 Å². The zero-order valence-electron chi connectivity index (χ0n) is 22.6. The highest BCUT2D eigenvalue weighted by Crippen LogP contribution is 2.34. The summed E-state index contributed by atoms with van der Waals surface area (Å²) in [4.78, 5) is 13.8. The van der Waals surface area contributed by atoms with Crippen LogP contribution in [0.2, 0.25) is 0 Å². The van der Waals surface area contributed by atoms with Crippen molar-refractivity contribution in [2.75, 3.05) is 26.2 Å². The van der Waals surface area contributed by atoms with Gasteiger partial charge in [0.05, 0.1) is 17.8 Å². The van der Waals surface area contributed by atoms with Crippen molar-refractivity contribution in [1.29, 1.82) is 0 Å². The molecular weight excluding hydrogens is 535 g/mol. The molecule has 0 aliphatic carbocycles. The summed E-state index contributed by atoms with van der Waals surface area (Å²) in [6, 6.07) is 28.7. The molecule has 0 saturated carbocycles. The zero-order chi connectivity index (χ0) is 24.4. The molecule has 1 saturated heterocycles. The van der Waals surface area contributed by atoms with Gasteiger partial charge in [-0.1, -0.05) is 78.9 Å². The molecule has 2 heterocycles. The van der Waals surface area contributed by atoms with E-state index in [0.717, 1.165) is 49.0 Å². The molecule has 1 atom stereocenters. The van der Waals surface area contributed by atoms with Gasteiger partial charge in [-0.05, 0) is 49.9 Å². The zero-order valence-corrected chi connectivity index (χ0v) is 25.0. The number of benzene rings is 3. The standard InChI is InChI=1S/C31H36N4.3ClH/c1-22-12-8-10-16-27(22)30(28-17-11-9-13-23(28)2)35-20-18-34(19-21-35)25(4)29-24(3)32-31(33-29)26-14-6-5-7-15-26;;;/h5-17,25,30H,18-21H2,1-4H3,(H,32,33);3*1H. The molecule has 1 aromatic heterocycles. The third-order valence-electron chi connectivity index (χ3n) is 7.59. The Morgan fingerprint density at radius 1 is 0.658 bits per heavy atom. The van der Waals surface area contributed by atoms with E-state index in [9.17, 15) is 0 Å². The summed E-state index contributed by atoms with van der Waals surface area (Å²) in [5.41, 5.74) is 9.01. The second kappa shape index (κ2) is 14.2. The molecular formula is C31H39Cl3N4. The Balaban J connectivity index is 0.00000169. The van der Waals surface area contributed by atoms with Crippen molar-refractivity contribution in [1.82, 2.24) is 19.8 Å². The van der Waals surface area contributed by atoms with Gasteiger partial charge in [-0.3, -0.25) is 9.80 Å². The number of H-pyrrole nitrogens is 1. The molecule has 4 nitrogen and oxygen atoms in total. The van der Waals surface area contributed by atoms with Crippen LogP contribution in [-0.2, 0) is 0 Å². The van der Waals surface area contributed by atoms with Gasteiger partial charge in [0.15, 0.2) is 0 Å². The van der Waals surface area contributed by atoms with E-state index >= 15 is 0 Å². The predicted molar refractivity (Wildman–Crippen MR) is 166 cm³/mol. The smallest absolute Gasteiger partial charge is 0.137 e. The second-order valence-corrected chi connectivity index (χ2v) is 9.83. The van der Waals surface area contributed by atoms with Gasteiger partial charge in [0, 0.05) is 37.4 Å². The molecule has 1 aliphatic heterocycles. The van der Waals surface area contributed by atoms with E-state index in [2.05, 4.69) is 115 Å². The largest absolute Gasteiger partial charge is 0.342 e. The molecule has 3 aromatic carbocycles. The highest BCUT2D eigenvalue weighted by molar-refractivity contribution is 5.86. The van der Waals surface area contributed by atoms with Gasteiger partial charge >= 0.3 is 0 Å². The van der Waals surface area contributed by atoms with Crippen LogP contribution in [0.25, 0.3) is 11.4 Å². The van der Waals surface area contributed by atoms with Gasteiger partial charge in [0.2, 0.25) is 0 Å². The molecule has 0 radical (unpaired) electrons. The molecule has 0 spiro atoms. The number of rotatable bonds is 6. The average Bonchev–Trinajstić information content (AvgIpc) is 3.28. The first-order valence-corrected chi connectivity index (χ1v) is 12.7. The Labute approximate surface area is 246 Å². The molecule has 1 aliphatic rings. The normalized spacial score (nSPS) is 14.8. The van der Waals surface area contributed by atoms with Gasteiger partial charge in [-0.2, -0.15) is 0 Å². The average molecular weight is 574 g/mol. The predicted octanol–water partition coefficient (Wildman–Crippen LogP) is 7.74. The van der Waals surface area contributed by atoms with Crippen molar-refractivity contribution in [3.05, 3.63) is 113 Å². The summed E-state index contributed by atoms with van der Waals surface area (Å²) in [5.74, 6) is 0.961. The Morgan fingerprint density at radius 2 is 1.13 bits per heavy atom. The third-order valence-corrected chi connectivity index (χ3v) is 7.59. The Kier molecular flexibility index (Phi) is 11.9. The van der Waals surface area contributed by atoms with Crippen LogP contribution in [0, 0.1) is 20.8 Å². The Morgan fingerprint density at radius 3 is 1.66 bits per heavy atom. The van der Waals surface area contributed by atoms with E-state index < -0.39 is 0 Å². The molecule has 38 heavy (non-hydrogen) atoms. The van der Waals surface area contributed by atoms with Gasteiger partial charge in [0.25, 0.3) is 0 Å². The maximum Gasteiger partial charge on any atom is 0.137 e. The number of hydrogen-bond donors (Lipinski definition) is 1. The number of aromatic amines is 1. The lowest BCUT2D eigenvalue weighted by Crippen LogP contribution is -2.48. The Bertz CT molecular complexity index is 1240. The van der Waals surface area contributed by atoms with Crippen LogP contribution in [-0.4, -0.2) is 45.9 Å². The monoisotopic (exact) mass is 572 g/mol. The fourth-order valence-corrected chi connectivity index (χ4v) is 5.52.